The second-order valence-corrected chi connectivity index (χ2v) is 6.59. The summed E-state index contributed by atoms with van der Waals surface area (Å²) in [5.41, 5.74) is 6.23. The van der Waals surface area contributed by atoms with Crippen LogP contribution in [0, 0.1) is 17.8 Å². The van der Waals surface area contributed by atoms with E-state index in [1.165, 1.54) is 0 Å². The zero-order chi connectivity index (χ0) is 14.5. The van der Waals surface area contributed by atoms with Crippen molar-refractivity contribution in [2.75, 3.05) is 32.7 Å². The molecule has 0 saturated carbocycles. The standard InChI is InChI=1S/C15H27N3O/c1-5-6-17-7-9-18(10-8-17)14(19)11-13(16)12-15(2,3)4/h1,13H,6-12,16H2,2-4H3. The van der Waals surface area contributed by atoms with Crippen molar-refractivity contribution >= 4 is 5.91 Å². The van der Waals surface area contributed by atoms with Crippen molar-refractivity contribution in [3.63, 3.8) is 0 Å². The van der Waals surface area contributed by atoms with E-state index in [4.69, 9.17) is 12.2 Å². The van der Waals surface area contributed by atoms with Crippen LogP contribution in [-0.4, -0.2) is 54.5 Å². The van der Waals surface area contributed by atoms with E-state index in [0.717, 1.165) is 32.6 Å². The highest BCUT2D eigenvalue weighted by molar-refractivity contribution is 5.76. The molecule has 0 aromatic rings. The Labute approximate surface area is 117 Å². The summed E-state index contributed by atoms with van der Waals surface area (Å²) in [4.78, 5) is 16.3. The van der Waals surface area contributed by atoms with Gasteiger partial charge in [-0.1, -0.05) is 26.7 Å². The Hall–Kier alpha value is -1.05. The molecule has 0 aromatic heterocycles. The molecule has 0 aliphatic carbocycles. The van der Waals surface area contributed by atoms with Crippen molar-refractivity contribution in [2.45, 2.75) is 39.7 Å². The molecule has 1 amide bonds. The molecule has 1 heterocycles. The van der Waals surface area contributed by atoms with E-state index in [-0.39, 0.29) is 17.4 Å². The van der Waals surface area contributed by atoms with Crippen LogP contribution < -0.4 is 5.73 Å². The molecule has 1 aliphatic rings. The van der Waals surface area contributed by atoms with Gasteiger partial charge in [0.1, 0.15) is 0 Å². The highest BCUT2D eigenvalue weighted by Gasteiger charge is 2.24. The van der Waals surface area contributed by atoms with Crippen LogP contribution in [0.15, 0.2) is 0 Å². The van der Waals surface area contributed by atoms with E-state index >= 15 is 0 Å². The minimum absolute atomic E-state index is 0.0451. The van der Waals surface area contributed by atoms with Crippen LogP contribution >= 0.6 is 0 Å². The first-order valence-corrected chi connectivity index (χ1v) is 7.01. The molecule has 1 aliphatic heterocycles. The quantitative estimate of drug-likeness (QED) is 0.769. The van der Waals surface area contributed by atoms with Gasteiger partial charge in [-0.05, 0) is 11.8 Å². The van der Waals surface area contributed by atoms with Gasteiger partial charge in [-0.25, -0.2) is 0 Å². The first-order valence-electron chi connectivity index (χ1n) is 7.01. The van der Waals surface area contributed by atoms with Crippen LogP contribution in [-0.2, 0) is 4.79 Å². The van der Waals surface area contributed by atoms with E-state index in [2.05, 4.69) is 31.6 Å². The number of rotatable bonds is 4. The van der Waals surface area contributed by atoms with Crippen molar-refractivity contribution in [3.8, 4) is 12.3 Å². The van der Waals surface area contributed by atoms with Gasteiger partial charge in [-0.15, -0.1) is 6.42 Å². The number of nitrogens with zero attached hydrogens (tertiary/aromatic N) is 2. The number of amides is 1. The van der Waals surface area contributed by atoms with Crippen LogP contribution in [0.1, 0.15) is 33.6 Å². The normalized spacial score (nSPS) is 19.0. The number of carbonyl (C=O) groups is 1. The zero-order valence-electron chi connectivity index (χ0n) is 12.5. The average Bonchev–Trinajstić information content (AvgIpc) is 2.27. The molecule has 108 valence electrons. The van der Waals surface area contributed by atoms with Gasteiger partial charge in [0.15, 0.2) is 0 Å². The third-order valence-electron chi connectivity index (χ3n) is 3.35. The smallest absolute Gasteiger partial charge is 0.224 e. The van der Waals surface area contributed by atoms with Gasteiger partial charge in [-0.3, -0.25) is 9.69 Å². The summed E-state index contributed by atoms with van der Waals surface area (Å²) in [5, 5.41) is 0. The van der Waals surface area contributed by atoms with Gasteiger partial charge < -0.3 is 10.6 Å². The predicted octanol–water partition coefficient (Wildman–Crippen LogP) is 0.917. The number of hydrogen-bond donors (Lipinski definition) is 1. The van der Waals surface area contributed by atoms with Crippen LogP contribution in [0.5, 0.6) is 0 Å². The molecule has 1 fully saturated rings. The number of carbonyl (C=O) groups excluding carboxylic acids is 1. The third-order valence-corrected chi connectivity index (χ3v) is 3.35. The lowest BCUT2D eigenvalue weighted by atomic mass is 9.87. The van der Waals surface area contributed by atoms with Crippen molar-refractivity contribution < 1.29 is 4.79 Å². The molecule has 4 nitrogen and oxygen atoms in total. The fourth-order valence-corrected chi connectivity index (χ4v) is 2.50. The van der Waals surface area contributed by atoms with Gasteiger partial charge >= 0.3 is 0 Å². The first-order chi connectivity index (χ1) is 8.81. The summed E-state index contributed by atoms with van der Waals surface area (Å²) in [6.45, 7) is 10.4. The van der Waals surface area contributed by atoms with Crippen LogP contribution in [0.4, 0.5) is 0 Å². The molecule has 2 N–H and O–H groups in total. The summed E-state index contributed by atoms with van der Waals surface area (Å²) in [5.74, 6) is 2.82. The zero-order valence-corrected chi connectivity index (χ0v) is 12.5. The maximum Gasteiger partial charge on any atom is 0.224 e. The molecule has 0 aromatic carbocycles. The number of terminal acetylenes is 1. The average molecular weight is 265 g/mol. The van der Waals surface area contributed by atoms with E-state index in [9.17, 15) is 4.79 Å². The van der Waals surface area contributed by atoms with Crippen molar-refractivity contribution in [2.24, 2.45) is 11.1 Å². The molecule has 1 rings (SSSR count). The van der Waals surface area contributed by atoms with E-state index in [0.29, 0.717) is 13.0 Å². The minimum Gasteiger partial charge on any atom is -0.340 e. The van der Waals surface area contributed by atoms with Crippen molar-refractivity contribution in [3.05, 3.63) is 0 Å². The lowest BCUT2D eigenvalue weighted by Gasteiger charge is -2.34. The fourth-order valence-electron chi connectivity index (χ4n) is 2.50. The maximum atomic E-state index is 12.1. The van der Waals surface area contributed by atoms with Gasteiger partial charge in [0.2, 0.25) is 5.91 Å². The summed E-state index contributed by atoms with van der Waals surface area (Å²) >= 11 is 0. The van der Waals surface area contributed by atoms with Gasteiger partial charge in [0.25, 0.3) is 0 Å². The van der Waals surface area contributed by atoms with Crippen LogP contribution in [0.2, 0.25) is 0 Å². The number of hydrogen-bond acceptors (Lipinski definition) is 3. The van der Waals surface area contributed by atoms with Gasteiger partial charge in [-0.2, -0.15) is 0 Å². The Morgan fingerprint density at radius 2 is 1.89 bits per heavy atom. The number of piperazine rings is 1. The SMILES string of the molecule is C#CCN1CCN(C(=O)CC(N)CC(C)(C)C)CC1. The van der Waals surface area contributed by atoms with Crippen LogP contribution in [0.25, 0.3) is 0 Å². The maximum absolute atomic E-state index is 12.1. The molecule has 0 spiro atoms. The second kappa shape index (κ2) is 6.93. The summed E-state index contributed by atoms with van der Waals surface area (Å²) < 4.78 is 0. The number of nitrogens with two attached hydrogens (primary N) is 1. The Morgan fingerprint density at radius 3 is 2.37 bits per heavy atom. The monoisotopic (exact) mass is 265 g/mol. The fraction of sp³-hybridized carbons (Fsp3) is 0.800. The third kappa shape index (κ3) is 6.09. The highest BCUT2D eigenvalue weighted by Crippen LogP contribution is 2.21. The Balaban J connectivity index is 2.33. The summed E-state index contributed by atoms with van der Waals surface area (Å²) in [7, 11) is 0. The highest BCUT2D eigenvalue weighted by atomic mass is 16.2. The lowest BCUT2D eigenvalue weighted by Crippen LogP contribution is -2.49. The minimum atomic E-state index is -0.0451. The van der Waals surface area contributed by atoms with Crippen molar-refractivity contribution in [1.82, 2.24) is 9.80 Å². The second-order valence-electron chi connectivity index (χ2n) is 6.59. The van der Waals surface area contributed by atoms with E-state index in [1.807, 2.05) is 4.90 Å². The summed E-state index contributed by atoms with van der Waals surface area (Å²) in [6.07, 6.45) is 6.61. The van der Waals surface area contributed by atoms with Gasteiger partial charge in [0.05, 0.1) is 6.54 Å². The molecule has 0 radical (unpaired) electrons. The molecule has 1 saturated heterocycles. The van der Waals surface area contributed by atoms with Crippen molar-refractivity contribution in [1.29, 1.82) is 0 Å². The van der Waals surface area contributed by atoms with Crippen LogP contribution in [0.3, 0.4) is 0 Å². The Bertz CT molecular complexity index is 332. The predicted molar refractivity (Wildman–Crippen MR) is 78.5 cm³/mol. The van der Waals surface area contributed by atoms with E-state index in [1.54, 1.807) is 0 Å². The molecule has 0 bridgehead atoms. The molecular formula is C15H27N3O. The van der Waals surface area contributed by atoms with E-state index < -0.39 is 0 Å². The molecular weight excluding hydrogens is 238 g/mol. The molecule has 4 heteroatoms. The topological polar surface area (TPSA) is 49.6 Å². The summed E-state index contributed by atoms with van der Waals surface area (Å²) in [6, 6.07) is -0.0451. The Kier molecular flexibility index (Phi) is 5.84. The Morgan fingerprint density at radius 1 is 1.32 bits per heavy atom. The van der Waals surface area contributed by atoms with Gasteiger partial charge in [0, 0.05) is 38.6 Å². The molecule has 1 atom stereocenters. The molecule has 1 unspecified atom stereocenters. The first kappa shape index (κ1) is 16.0. The lowest BCUT2D eigenvalue weighted by molar-refractivity contribution is -0.133. The largest absolute Gasteiger partial charge is 0.340 e. The molecule has 19 heavy (non-hydrogen) atoms.